The number of anilines is 1. The van der Waals surface area contributed by atoms with E-state index in [1.54, 1.807) is 24.3 Å². The van der Waals surface area contributed by atoms with Crippen molar-refractivity contribution in [1.82, 2.24) is 0 Å². The minimum absolute atomic E-state index is 0.257. The SMILES string of the molecule is CC(=O)Oc1ccccc1C(=O)Nc1ccc(C)cc1C. The summed E-state index contributed by atoms with van der Waals surface area (Å²) in [6, 6.07) is 12.4. The first-order valence-corrected chi connectivity index (χ1v) is 6.63. The molecule has 0 bridgehead atoms. The second-order valence-electron chi connectivity index (χ2n) is 4.86. The molecule has 1 amide bonds. The number of benzene rings is 2. The molecular weight excluding hydrogens is 266 g/mol. The van der Waals surface area contributed by atoms with Crippen molar-refractivity contribution in [3.05, 3.63) is 59.2 Å². The van der Waals surface area contributed by atoms with E-state index in [0.717, 1.165) is 16.8 Å². The monoisotopic (exact) mass is 283 g/mol. The molecular formula is C17H17NO3. The summed E-state index contributed by atoms with van der Waals surface area (Å²) in [5.74, 6) is -0.507. The molecule has 108 valence electrons. The van der Waals surface area contributed by atoms with E-state index in [1.165, 1.54) is 6.92 Å². The quantitative estimate of drug-likeness (QED) is 0.693. The molecule has 0 saturated carbocycles. The molecule has 0 saturated heterocycles. The molecule has 1 N–H and O–H groups in total. The minimum atomic E-state index is -0.457. The maximum absolute atomic E-state index is 12.4. The summed E-state index contributed by atoms with van der Waals surface area (Å²) in [5, 5.41) is 2.84. The molecule has 0 atom stereocenters. The molecule has 0 aliphatic rings. The summed E-state index contributed by atoms with van der Waals surface area (Å²) >= 11 is 0. The van der Waals surface area contributed by atoms with Gasteiger partial charge in [0, 0.05) is 12.6 Å². The van der Waals surface area contributed by atoms with Gasteiger partial charge in [-0.05, 0) is 37.6 Å². The molecule has 0 aromatic heterocycles. The lowest BCUT2D eigenvalue weighted by Crippen LogP contribution is -2.15. The third kappa shape index (κ3) is 3.69. The molecule has 0 spiro atoms. The predicted molar refractivity (Wildman–Crippen MR) is 81.6 cm³/mol. The highest BCUT2D eigenvalue weighted by Gasteiger charge is 2.14. The normalized spacial score (nSPS) is 10.0. The molecule has 21 heavy (non-hydrogen) atoms. The van der Waals surface area contributed by atoms with Crippen molar-refractivity contribution in [3.8, 4) is 5.75 Å². The van der Waals surface area contributed by atoms with Gasteiger partial charge in [-0.2, -0.15) is 0 Å². The Kier molecular flexibility index (Phi) is 4.38. The standard InChI is InChI=1S/C17H17NO3/c1-11-8-9-15(12(2)10-11)18-17(20)14-6-4-5-7-16(14)21-13(3)19/h4-10H,1-3H3,(H,18,20). The molecule has 4 heteroatoms. The summed E-state index contributed by atoms with van der Waals surface area (Å²) in [7, 11) is 0. The molecule has 4 nitrogen and oxygen atoms in total. The zero-order valence-corrected chi connectivity index (χ0v) is 12.3. The fraction of sp³-hybridized carbons (Fsp3) is 0.176. The maximum Gasteiger partial charge on any atom is 0.308 e. The lowest BCUT2D eigenvalue weighted by atomic mass is 10.1. The van der Waals surface area contributed by atoms with E-state index >= 15 is 0 Å². The lowest BCUT2D eigenvalue weighted by Gasteiger charge is -2.11. The van der Waals surface area contributed by atoms with Crippen molar-refractivity contribution >= 4 is 17.6 Å². The lowest BCUT2D eigenvalue weighted by molar-refractivity contribution is -0.131. The van der Waals surface area contributed by atoms with Crippen LogP contribution in [0, 0.1) is 13.8 Å². The van der Waals surface area contributed by atoms with Crippen molar-refractivity contribution in [3.63, 3.8) is 0 Å². The van der Waals surface area contributed by atoms with Crippen molar-refractivity contribution in [1.29, 1.82) is 0 Å². The number of hydrogen-bond donors (Lipinski definition) is 1. The Balaban J connectivity index is 2.26. The summed E-state index contributed by atoms with van der Waals surface area (Å²) < 4.78 is 5.05. The van der Waals surface area contributed by atoms with Crippen LogP contribution in [-0.4, -0.2) is 11.9 Å². The number of carbonyl (C=O) groups excluding carboxylic acids is 2. The Morgan fingerprint density at radius 1 is 1.05 bits per heavy atom. The highest BCUT2D eigenvalue weighted by molar-refractivity contribution is 6.06. The highest BCUT2D eigenvalue weighted by atomic mass is 16.5. The van der Waals surface area contributed by atoms with Gasteiger partial charge < -0.3 is 10.1 Å². The van der Waals surface area contributed by atoms with Gasteiger partial charge in [-0.3, -0.25) is 9.59 Å². The third-order valence-electron chi connectivity index (χ3n) is 3.02. The van der Waals surface area contributed by atoms with Gasteiger partial charge in [0.15, 0.2) is 0 Å². The Morgan fingerprint density at radius 2 is 1.76 bits per heavy atom. The molecule has 0 aliphatic heterocycles. The topological polar surface area (TPSA) is 55.4 Å². The number of aryl methyl sites for hydroxylation is 2. The van der Waals surface area contributed by atoms with E-state index in [-0.39, 0.29) is 11.7 Å². The van der Waals surface area contributed by atoms with Gasteiger partial charge in [0.05, 0.1) is 5.56 Å². The number of rotatable bonds is 3. The second kappa shape index (κ2) is 6.22. The van der Waals surface area contributed by atoms with E-state index in [1.807, 2.05) is 32.0 Å². The number of amides is 1. The van der Waals surface area contributed by atoms with Crippen LogP contribution in [0.4, 0.5) is 5.69 Å². The summed E-state index contributed by atoms with van der Waals surface area (Å²) in [6.45, 7) is 5.23. The Bertz CT molecular complexity index is 692. The Hall–Kier alpha value is -2.62. The van der Waals surface area contributed by atoms with Crippen LogP contribution in [-0.2, 0) is 4.79 Å². The number of para-hydroxylation sites is 1. The van der Waals surface area contributed by atoms with Gasteiger partial charge in [0.1, 0.15) is 5.75 Å². The van der Waals surface area contributed by atoms with Crippen LogP contribution < -0.4 is 10.1 Å². The van der Waals surface area contributed by atoms with Crippen LogP contribution in [0.15, 0.2) is 42.5 Å². The molecule has 2 aromatic rings. The zero-order chi connectivity index (χ0) is 15.4. The van der Waals surface area contributed by atoms with Crippen LogP contribution in [0.2, 0.25) is 0 Å². The fourth-order valence-corrected chi connectivity index (χ4v) is 2.04. The summed E-state index contributed by atoms with van der Waals surface area (Å²) in [5.41, 5.74) is 3.18. The fourth-order valence-electron chi connectivity index (χ4n) is 2.04. The first-order chi connectivity index (χ1) is 9.97. The molecule has 0 fully saturated rings. The summed E-state index contributed by atoms with van der Waals surface area (Å²) in [6.07, 6.45) is 0. The van der Waals surface area contributed by atoms with Crippen molar-refractivity contribution in [2.75, 3.05) is 5.32 Å². The Morgan fingerprint density at radius 3 is 2.43 bits per heavy atom. The largest absolute Gasteiger partial charge is 0.426 e. The number of carbonyl (C=O) groups is 2. The smallest absolute Gasteiger partial charge is 0.308 e. The third-order valence-corrected chi connectivity index (χ3v) is 3.02. The molecule has 2 aromatic carbocycles. The van der Waals surface area contributed by atoms with Crippen molar-refractivity contribution in [2.45, 2.75) is 20.8 Å². The van der Waals surface area contributed by atoms with E-state index in [9.17, 15) is 9.59 Å². The zero-order valence-electron chi connectivity index (χ0n) is 12.3. The van der Waals surface area contributed by atoms with E-state index in [4.69, 9.17) is 4.74 Å². The average Bonchev–Trinajstić information content (AvgIpc) is 2.42. The second-order valence-corrected chi connectivity index (χ2v) is 4.86. The number of nitrogens with one attached hydrogen (secondary N) is 1. The van der Waals surface area contributed by atoms with Crippen LogP contribution in [0.3, 0.4) is 0 Å². The minimum Gasteiger partial charge on any atom is -0.426 e. The van der Waals surface area contributed by atoms with Gasteiger partial charge in [-0.25, -0.2) is 0 Å². The van der Waals surface area contributed by atoms with Gasteiger partial charge in [0.25, 0.3) is 5.91 Å². The van der Waals surface area contributed by atoms with Gasteiger partial charge in [0.2, 0.25) is 0 Å². The number of ether oxygens (including phenoxy) is 1. The van der Waals surface area contributed by atoms with Gasteiger partial charge in [-0.15, -0.1) is 0 Å². The number of hydrogen-bond acceptors (Lipinski definition) is 3. The molecule has 2 rings (SSSR count). The summed E-state index contributed by atoms with van der Waals surface area (Å²) in [4.78, 5) is 23.4. The maximum atomic E-state index is 12.4. The average molecular weight is 283 g/mol. The Labute approximate surface area is 123 Å². The highest BCUT2D eigenvalue weighted by Crippen LogP contribution is 2.22. The molecule has 0 radical (unpaired) electrons. The van der Waals surface area contributed by atoms with E-state index in [0.29, 0.717) is 5.56 Å². The molecule has 0 unspecified atom stereocenters. The van der Waals surface area contributed by atoms with E-state index in [2.05, 4.69) is 5.32 Å². The van der Waals surface area contributed by atoms with Crippen LogP contribution in [0.1, 0.15) is 28.4 Å². The van der Waals surface area contributed by atoms with Crippen LogP contribution in [0.25, 0.3) is 0 Å². The van der Waals surface area contributed by atoms with Crippen LogP contribution >= 0.6 is 0 Å². The van der Waals surface area contributed by atoms with Crippen LogP contribution in [0.5, 0.6) is 5.75 Å². The number of esters is 1. The predicted octanol–water partition coefficient (Wildman–Crippen LogP) is 3.48. The van der Waals surface area contributed by atoms with Crippen molar-refractivity contribution < 1.29 is 14.3 Å². The first kappa shape index (κ1) is 14.8. The molecule has 0 heterocycles. The van der Waals surface area contributed by atoms with Crippen molar-refractivity contribution in [2.24, 2.45) is 0 Å². The van der Waals surface area contributed by atoms with Gasteiger partial charge in [-0.1, -0.05) is 29.8 Å². The van der Waals surface area contributed by atoms with E-state index < -0.39 is 5.97 Å². The first-order valence-electron chi connectivity index (χ1n) is 6.63. The van der Waals surface area contributed by atoms with Gasteiger partial charge >= 0.3 is 5.97 Å². The molecule has 0 aliphatic carbocycles.